The van der Waals surface area contributed by atoms with Gasteiger partial charge >= 0.3 is 0 Å². The minimum atomic E-state index is 0.134. The van der Waals surface area contributed by atoms with Crippen LogP contribution in [0.25, 0.3) is 21.5 Å². The van der Waals surface area contributed by atoms with Gasteiger partial charge in [0.1, 0.15) is 5.75 Å². The van der Waals surface area contributed by atoms with Crippen molar-refractivity contribution in [3.8, 4) is 5.75 Å². The van der Waals surface area contributed by atoms with Crippen molar-refractivity contribution in [2.24, 2.45) is 5.92 Å². The van der Waals surface area contributed by atoms with Gasteiger partial charge in [-0.25, -0.2) is 0 Å². The maximum atomic E-state index is 6.31. The molecule has 1 nitrogen and oxygen atoms in total. The van der Waals surface area contributed by atoms with E-state index in [2.05, 4.69) is 83.1 Å². The van der Waals surface area contributed by atoms with Crippen LogP contribution in [0.4, 0.5) is 0 Å². The minimum Gasteiger partial charge on any atom is -0.492 e. The molecule has 0 aliphatic carbocycles. The van der Waals surface area contributed by atoms with E-state index in [4.69, 9.17) is 4.74 Å². The number of hydrogen-bond donors (Lipinski definition) is 0. The highest BCUT2D eigenvalue weighted by atomic mass is 16.5. The van der Waals surface area contributed by atoms with Gasteiger partial charge in [-0.05, 0) is 46.2 Å². The van der Waals surface area contributed by atoms with Crippen LogP contribution in [0.3, 0.4) is 0 Å². The van der Waals surface area contributed by atoms with Crippen LogP contribution in [0.2, 0.25) is 0 Å². The largest absolute Gasteiger partial charge is 0.492 e. The molecule has 0 spiro atoms. The van der Waals surface area contributed by atoms with Gasteiger partial charge in [-0.3, -0.25) is 0 Å². The molecular weight excluding hydrogens is 292 g/mol. The van der Waals surface area contributed by atoms with E-state index in [1.165, 1.54) is 27.1 Å². The monoisotopic (exact) mass is 320 g/mol. The third-order valence-electron chi connectivity index (χ3n) is 4.62. The van der Waals surface area contributed by atoms with Gasteiger partial charge in [-0.1, -0.05) is 71.0 Å². The second-order valence-electron chi connectivity index (χ2n) is 8.14. The number of rotatable bonds is 4. The van der Waals surface area contributed by atoms with Gasteiger partial charge in [0.25, 0.3) is 0 Å². The Bertz CT molecular complexity index is 853. The van der Waals surface area contributed by atoms with E-state index < -0.39 is 0 Å². The number of fused-ring (bicyclic) bond motifs is 2. The molecule has 0 radical (unpaired) electrons. The fourth-order valence-corrected chi connectivity index (χ4v) is 3.04. The normalized spacial score (nSPS) is 12.2. The lowest BCUT2D eigenvalue weighted by molar-refractivity contribution is 0.295. The predicted molar refractivity (Wildman–Crippen MR) is 105 cm³/mol. The zero-order valence-electron chi connectivity index (χ0n) is 15.5. The van der Waals surface area contributed by atoms with Gasteiger partial charge in [-0.2, -0.15) is 0 Å². The Balaban J connectivity index is 2.19. The highest BCUT2D eigenvalue weighted by Crippen LogP contribution is 2.37. The summed E-state index contributed by atoms with van der Waals surface area (Å²) in [6, 6.07) is 17.6. The van der Waals surface area contributed by atoms with Crippen molar-refractivity contribution < 1.29 is 4.74 Å². The van der Waals surface area contributed by atoms with Gasteiger partial charge in [0.15, 0.2) is 0 Å². The van der Waals surface area contributed by atoms with Crippen LogP contribution in [0.5, 0.6) is 5.75 Å². The lowest BCUT2D eigenvalue weighted by Crippen LogP contribution is -2.10. The summed E-state index contributed by atoms with van der Waals surface area (Å²) in [6.07, 6.45) is 1.07. The number of benzene rings is 3. The second kappa shape index (κ2) is 6.47. The van der Waals surface area contributed by atoms with Gasteiger partial charge in [0.2, 0.25) is 0 Å². The summed E-state index contributed by atoms with van der Waals surface area (Å²) in [5.41, 5.74) is 1.48. The van der Waals surface area contributed by atoms with E-state index in [1.54, 1.807) is 0 Å². The molecule has 3 aromatic rings. The van der Waals surface area contributed by atoms with Crippen LogP contribution in [0, 0.1) is 5.92 Å². The molecule has 24 heavy (non-hydrogen) atoms. The molecule has 0 fully saturated rings. The molecular formula is C23H28O. The van der Waals surface area contributed by atoms with Crippen molar-refractivity contribution in [3.05, 3.63) is 54.1 Å². The first kappa shape index (κ1) is 16.8. The molecule has 0 aliphatic rings. The van der Waals surface area contributed by atoms with Crippen molar-refractivity contribution in [3.63, 3.8) is 0 Å². The zero-order chi connectivity index (χ0) is 17.3. The third kappa shape index (κ3) is 3.40. The lowest BCUT2D eigenvalue weighted by atomic mass is 9.85. The molecule has 0 heterocycles. The van der Waals surface area contributed by atoms with Gasteiger partial charge in [0.05, 0.1) is 6.61 Å². The second-order valence-corrected chi connectivity index (χ2v) is 8.14. The molecule has 0 saturated heterocycles. The first-order valence-electron chi connectivity index (χ1n) is 8.95. The Morgan fingerprint density at radius 2 is 1.58 bits per heavy atom. The Kier molecular flexibility index (Phi) is 4.54. The van der Waals surface area contributed by atoms with Crippen LogP contribution in [-0.4, -0.2) is 6.61 Å². The third-order valence-corrected chi connectivity index (χ3v) is 4.62. The van der Waals surface area contributed by atoms with Crippen LogP contribution < -0.4 is 4.74 Å². The molecule has 3 rings (SSSR count). The maximum absolute atomic E-state index is 6.31. The fraction of sp³-hybridized carbons (Fsp3) is 0.391. The van der Waals surface area contributed by atoms with Crippen molar-refractivity contribution in [2.75, 3.05) is 6.61 Å². The van der Waals surface area contributed by atoms with Crippen LogP contribution >= 0.6 is 0 Å². The smallest absolute Gasteiger partial charge is 0.134 e. The topological polar surface area (TPSA) is 9.23 Å². The standard InChI is InChI=1S/C23H28O/c1-16(2)12-13-24-22-20-9-7-6-8-17(20)14-18-10-11-19(15-21(18)22)23(3,4)5/h6-11,14-16H,12-13H2,1-5H3. The Morgan fingerprint density at radius 3 is 2.29 bits per heavy atom. The van der Waals surface area contributed by atoms with Crippen LogP contribution in [0.1, 0.15) is 46.6 Å². The number of hydrogen-bond acceptors (Lipinski definition) is 1. The van der Waals surface area contributed by atoms with E-state index in [9.17, 15) is 0 Å². The van der Waals surface area contributed by atoms with E-state index in [-0.39, 0.29) is 5.41 Å². The summed E-state index contributed by atoms with van der Waals surface area (Å²) in [5, 5.41) is 4.93. The Labute approximate surface area is 145 Å². The summed E-state index contributed by atoms with van der Waals surface area (Å²) in [5.74, 6) is 1.69. The number of ether oxygens (including phenoxy) is 1. The van der Waals surface area contributed by atoms with Crippen molar-refractivity contribution >= 4 is 21.5 Å². The summed E-state index contributed by atoms with van der Waals surface area (Å²) < 4.78 is 6.31. The first-order valence-corrected chi connectivity index (χ1v) is 8.95. The Hall–Kier alpha value is -2.02. The molecule has 0 aliphatic heterocycles. The quantitative estimate of drug-likeness (QED) is 0.485. The van der Waals surface area contributed by atoms with E-state index in [0.29, 0.717) is 5.92 Å². The van der Waals surface area contributed by atoms with E-state index in [0.717, 1.165) is 18.8 Å². The summed E-state index contributed by atoms with van der Waals surface area (Å²) in [6.45, 7) is 12.0. The average molecular weight is 320 g/mol. The molecule has 0 aromatic heterocycles. The summed E-state index contributed by atoms with van der Waals surface area (Å²) in [7, 11) is 0. The molecule has 0 amide bonds. The highest BCUT2D eigenvalue weighted by Gasteiger charge is 2.16. The predicted octanol–water partition coefficient (Wildman–Crippen LogP) is 6.72. The zero-order valence-corrected chi connectivity index (χ0v) is 15.5. The Morgan fingerprint density at radius 1 is 0.875 bits per heavy atom. The van der Waals surface area contributed by atoms with Crippen molar-refractivity contribution in [2.45, 2.75) is 46.5 Å². The highest BCUT2D eigenvalue weighted by molar-refractivity contribution is 6.05. The van der Waals surface area contributed by atoms with E-state index in [1.807, 2.05) is 0 Å². The average Bonchev–Trinajstić information content (AvgIpc) is 2.52. The van der Waals surface area contributed by atoms with Crippen LogP contribution in [0.15, 0.2) is 48.5 Å². The molecule has 0 saturated carbocycles. The minimum absolute atomic E-state index is 0.134. The van der Waals surface area contributed by atoms with Gasteiger partial charge < -0.3 is 4.74 Å². The maximum Gasteiger partial charge on any atom is 0.134 e. The molecule has 0 atom stereocenters. The van der Waals surface area contributed by atoms with Crippen LogP contribution in [-0.2, 0) is 5.41 Å². The summed E-state index contributed by atoms with van der Waals surface area (Å²) >= 11 is 0. The van der Waals surface area contributed by atoms with Gasteiger partial charge in [0, 0.05) is 10.8 Å². The summed E-state index contributed by atoms with van der Waals surface area (Å²) in [4.78, 5) is 0. The molecule has 0 N–H and O–H groups in total. The molecule has 1 heteroatoms. The molecule has 0 unspecified atom stereocenters. The first-order chi connectivity index (χ1) is 11.4. The fourth-order valence-electron chi connectivity index (χ4n) is 3.04. The van der Waals surface area contributed by atoms with Crippen molar-refractivity contribution in [1.82, 2.24) is 0 Å². The van der Waals surface area contributed by atoms with Gasteiger partial charge in [-0.15, -0.1) is 0 Å². The molecule has 126 valence electrons. The SMILES string of the molecule is CC(C)CCOc1c2ccccc2cc2ccc(C(C)(C)C)cc12. The molecule has 3 aromatic carbocycles. The molecule has 0 bridgehead atoms. The lowest BCUT2D eigenvalue weighted by Gasteiger charge is -2.21. The van der Waals surface area contributed by atoms with Crippen molar-refractivity contribution in [1.29, 1.82) is 0 Å². The van der Waals surface area contributed by atoms with E-state index >= 15 is 0 Å².